The Morgan fingerprint density at radius 3 is 2.50 bits per heavy atom. The molecular formula is C14H15N3O. The van der Waals surface area contributed by atoms with Gasteiger partial charge in [-0.1, -0.05) is 12.8 Å². The molecule has 1 fully saturated rings. The smallest absolute Gasteiger partial charge is 0.240 e. The van der Waals surface area contributed by atoms with Crippen molar-refractivity contribution in [3.8, 4) is 6.07 Å². The second-order valence-corrected chi connectivity index (χ2v) is 4.42. The first-order valence-electron chi connectivity index (χ1n) is 6.22. The Hall–Kier alpha value is -2.11. The molecule has 0 N–H and O–H groups in total. The fourth-order valence-corrected chi connectivity index (χ4v) is 2.32. The van der Waals surface area contributed by atoms with Crippen molar-refractivity contribution in [2.24, 2.45) is 4.99 Å². The fourth-order valence-electron chi connectivity index (χ4n) is 2.32. The van der Waals surface area contributed by atoms with Crippen LogP contribution in [0.4, 0.5) is 11.4 Å². The zero-order valence-electron chi connectivity index (χ0n) is 10.2. The normalized spacial score (nSPS) is 15.4. The fraction of sp³-hybridized carbons (Fsp3) is 0.429. The number of rotatable bonds is 2. The minimum absolute atomic E-state index is 0.486. The average molecular weight is 241 g/mol. The molecule has 1 aromatic rings. The monoisotopic (exact) mass is 241 g/mol. The summed E-state index contributed by atoms with van der Waals surface area (Å²) in [4.78, 5) is 16.0. The maximum Gasteiger partial charge on any atom is 0.240 e. The molecule has 0 amide bonds. The van der Waals surface area contributed by atoms with E-state index in [1.165, 1.54) is 31.8 Å². The molecule has 2 rings (SSSR count). The van der Waals surface area contributed by atoms with Gasteiger partial charge in [0.2, 0.25) is 6.08 Å². The van der Waals surface area contributed by atoms with Crippen LogP contribution in [0.15, 0.2) is 23.2 Å². The quantitative estimate of drug-likeness (QED) is 0.591. The first-order valence-corrected chi connectivity index (χ1v) is 6.22. The lowest BCUT2D eigenvalue weighted by molar-refractivity contribution is 0.565. The molecule has 0 aliphatic carbocycles. The molecule has 0 unspecified atom stereocenters. The Labute approximate surface area is 107 Å². The highest BCUT2D eigenvalue weighted by Crippen LogP contribution is 2.27. The van der Waals surface area contributed by atoms with E-state index in [0.29, 0.717) is 11.3 Å². The molecule has 0 spiro atoms. The summed E-state index contributed by atoms with van der Waals surface area (Å²) in [7, 11) is 0. The lowest BCUT2D eigenvalue weighted by atomic mass is 10.1. The number of isocyanates is 1. The van der Waals surface area contributed by atoms with Crippen molar-refractivity contribution in [2.45, 2.75) is 25.7 Å². The van der Waals surface area contributed by atoms with Crippen LogP contribution in [0.25, 0.3) is 0 Å². The minimum Gasteiger partial charge on any atom is -0.370 e. The molecule has 92 valence electrons. The van der Waals surface area contributed by atoms with E-state index in [1.54, 1.807) is 12.1 Å². The Bertz CT molecular complexity index is 504. The summed E-state index contributed by atoms with van der Waals surface area (Å²) in [5.41, 5.74) is 2.01. The van der Waals surface area contributed by atoms with E-state index < -0.39 is 0 Å². The number of hydrogen-bond donors (Lipinski definition) is 0. The van der Waals surface area contributed by atoms with Crippen LogP contribution in [0.3, 0.4) is 0 Å². The molecular weight excluding hydrogens is 226 g/mol. The third-order valence-electron chi connectivity index (χ3n) is 3.22. The molecule has 0 radical (unpaired) electrons. The van der Waals surface area contributed by atoms with Crippen LogP contribution in [-0.2, 0) is 4.79 Å². The average Bonchev–Trinajstić information content (AvgIpc) is 2.68. The molecule has 18 heavy (non-hydrogen) atoms. The van der Waals surface area contributed by atoms with E-state index in [-0.39, 0.29) is 0 Å². The van der Waals surface area contributed by atoms with Gasteiger partial charge in [0.25, 0.3) is 0 Å². The highest BCUT2D eigenvalue weighted by molar-refractivity contribution is 5.65. The predicted octanol–water partition coefficient (Wildman–Crippen LogP) is 2.91. The van der Waals surface area contributed by atoms with Crippen LogP contribution in [0.1, 0.15) is 31.2 Å². The lowest BCUT2D eigenvalue weighted by Crippen LogP contribution is -2.24. The SMILES string of the molecule is N#Cc1cc(N=C=O)ccc1N1CCCCCC1. The van der Waals surface area contributed by atoms with E-state index in [0.717, 1.165) is 18.8 Å². The number of anilines is 1. The first kappa shape index (κ1) is 12.3. The molecule has 1 aromatic carbocycles. The molecule has 0 atom stereocenters. The summed E-state index contributed by atoms with van der Waals surface area (Å²) in [6.45, 7) is 1.98. The maximum atomic E-state index is 10.2. The molecule has 4 nitrogen and oxygen atoms in total. The first-order chi connectivity index (χ1) is 8.85. The summed E-state index contributed by atoms with van der Waals surface area (Å²) in [6.07, 6.45) is 6.34. The molecule has 0 saturated carbocycles. The Balaban J connectivity index is 2.31. The third-order valence-corrected chi connectivity index (χ3v) is 3.22. The number of benzene rings is 1. The van der Waals surface area contributed by atoms with E-state index in [4.69, 9.17) is 0 Å². The number of carbonyl (C=O) groups excluding carboxylic acids is 1. The van der Waals surface area contributed by atoms with Gasteiger partial charge in [-0.15, -0.1) is 0 Å². The predicted molar refractivity (Wildman–Crippen MR) is 69.6 cm³/mol. The topological polar surface area (TPSA) is 56.5 Å². The van der Waals surface area contributed by atoms with E-state index in [2.05, 4.69) is 16.0 Å². The summed E-state index contributed by atoms with van der Waals surface area (Å²) in [5, 5.41) is 9.20. The Morgan fingerprint density at radius 2 is 1.89 bits per heavy atom. The van der Waals surface area contributed by atoms with Gasteiger partial charge in [-0.25, -0.2) is 4.79 Å². The van der Waals surface area contributed by atoms with Crippen LogP contribution in [0.5, 0.6) is 0 Å². The Kier molecular flexibility index (Phi) is 4.11. The lowest BCUT2D eigenvalue weighted by Gasteiger charge is -2.23. The number of aliphatic imine (C=N–C) groups is 1. The van der Waals surface area contributed by atoms with Gasteiger partial charge in [-0.2, -0.15) is 10.3 Å². The van der Waals surface area contributed by atoms with Crippen LogP contribution < -0.4 is 4.90 Å². The summed E-state index contributed by atoms with van der Waals surface area (Å²) >= 11 is 0. The van der Waals surface area contributed by atoms with Crippen molar-refractivity contribution in [1.82, 2.24) is 0 Å². The van der Waals surface area contributed by atoms with E-state index in [1.807, 2.05) is 6.07 Å². The number of hydrogen-bond acceptors (Lipinski definition) is 4. The van der Waals surface area contributed by atoms with Crippen molar-refractivity contribution in [2.75, 3.05) is 18.0 Å². The second kappa shape index (κ2) is 6.00. The van der Waals surface area contributed by atoms with Crippen LogP contribution in [-0.4, -0.2) is 19.2 Å². The standard InChI is InChI=1S/C14H15N3O/c15-10-12-9-13(16-11-18)5-6-14(12)17-7-3-1-2-4-8-17/h5-6,9H,1-4,7-8H2. The summed E-state index contributed by atoms with van der Waals surface area (Å²) < 4.78 is 0. The summed E-state index contributed by atoms with van der Waals surface area (Å²) in [5.74, 6) is 0. The van der Waals surface area contributed by atoms with Crippen LogP contribution in [0, 0.1) is 11.3 Å². The highest BCUT2D eigenvalue weighted by Gasteiger charge is 2.13. The minimum atomic E-state index is 0.486. The summed E-state index contributed by atoms with van der Waals surface area (Å²) in [6, 6.07) is 7.46. The van der Waals surface area contributed by atoms with Crippen molar-refractivity contribution >= 4 is 17.5 Å². The van der Waals surface area contributed by atoms with Gasteiger partial charge in [0.05, 0.1) is 16.9 Å². The molecule has 1 aliphatic heterocycles. The van der Waals surface area contributed by atoms with Crippen molar-refractivity contribution in [3.05, 3.63) is 23.8 Å². The van der Waals surface area contributed by atoms with Crippen molar-refractivity contribution < 1.29 is 4.79 Å². The van der Waals surface area contributed by atoms with Gasteiger partial charge in [-0.05, 0) is 31.0 Å². The van der Waals surface area contributed by atoms with Gasteiger partial charge >= 0.3 is 0 Å². The second-order valence-electron chi connectivity index (χ2n) is 4.42. The zero-order chi connectivity index (χ0) is 12.8. The largest absolute Gasteiger partial charge is 0.370 e. The Morgan fingerprint density at radius 1 is 1.17 bits per heavy atom. The maximum absolute atomic E-state index is 10.2. The molecule has 1 saturated heterocycles. The van der Waals surface area contributed by atoms with Gasteiger partial charge in [0.1, 0.15) is 6.07 Å². The van der Waals surface area contributed by atoms with E-state index in [9.17, 15) is 10.1 Å². The molecule has 4 heteroatoms. The van der Waals surface area contributed by atoms with Crippen molar-refractivity contribution in [3.63, 3.8) is 0 Å². The zero-order valence-corrected chi connectivity index (χ0v) is 10.2. The molecule has 0 bridgehead atoms. The molecule has 1 aliphatic rings. The van der Waals surface area contributed by atoms with Crippen molar-refractivity contribution in [1.29, 1.82) is 5.26 Å². The van der Waals surface area contributed by atoms with Gasteiger partial charge in [0, 0.05) is 13.1 Å². The molecule has 1 heterocycles. The van der Waals surface area contributed by atoms with Gasteiger partial charge < -0.3 is 4.90 Å². The van der Waals surface area contributed by atoms with Gasteiger partial charge in [0.15, 0.2) is 0 Å². The molecule has 0 aromatic heterocycles. The third kappa shape index (κ3) is 2.77. The van der Waals surface area contributed by atoms with Gasteiger partial charge in [-0.3, -0.25) is 0 Å². The van der Waals surface area contributed by atoms with Crippen LogP contribution in [0.2, 0.25) is 0 Å². The highest BCUT2D eigenvalue weighted by atomic mass is 16.1. The number of nitriles is 1. The van der Waals surface area contributed by atoms with Crippen LogP contribution >= 0.6 is 0 Å². The number of nitrogens with zero attached hydrogens (tertiary/aromatic N) is 3. The van der Waals surface area contributed by atoms with E-state index >= 15 is 0 Å².